The van der Waals surface area contributed by atoms with E-state index in [-0.39, 0.29) is 12.5 Å². The Morgan fingerprint density at radius 2 is 1.85 bits per heavy atom. The number of aryl methyl sites for hydroxylation is 2. The molecule has 0 atom stereocenters. The van der Waals surface area contributed by atoms with Crippen molar-refractivity contribution in [2.24, 2.45) is 5.84 Å². The van der Waals surface area contributed by atoms with Crippen molar-refractivity contribution in [3.63, 3.8) is 0 Å². The molecule has 0 aliphatic rings. The molecule has 1 heterocycles. The van der Waals surface area contributed by atoms with E-state index in [1.165, 1.54) is 10.8 Å². The summed E-state index contributed by atoms with van der Waals surface area (Å²) in [5.74, 6) is 5.03. The van der Waals surface area contributed by atoms with Gasteiger partial charge in [-0.1, -0.05) is 29.8 Å². The minimum Gasteiger partial charge on any atom is -0.484 e. The number of hydrogen-bond donors (Lipinski definition) is 2. The third-order valence-corrected chi connectivity index (χ3v) is 4.72. The van der Waals surface area contributed by atoms with Crippen LogP contribution in [0.3, 0.4) is 0 Å². The number of nitrogens with two attached hydrogens (primary N) is 1. The Morgan fingerprint density at radius 1 is 1.19 bits per heavy atom. The Balaban J connectivity index is 1.88. The molecule has 0 aliphatic heterocycles. The largest absolute Gasteiger partial charge is 0.484 e. The van der Waals surface area contributed by atoms with Gasteiger partial charge in [-0.25, -0.2) is 5.84 Å². The first-order chi connectivity index (χ1) is 12.4. The molecule has 0 unspecified atom stereocenters. The van der Waals surface area contributed by atoms with Gasteiger partial charge in [-0.2, -0.15) is 0 Å². The fourth-order valence-electron chi connectivity index (χ4n) is 2.85. The molecule has 134 valence electrons. The summed E-state index contributed by atoms with van der Waals surface area (Å²) >= 11 is 6.15. The summed E-state index contributed by atoms with van der Waals surface area (Å²) in [5, 5.41) is 1.32. The number of para-hydroxylation sites is 1. The van der Waals surface area contributed by atoms with E-state index in [1.54, 1.807) is 36.4 Å². The summed E-state index contributed by atoms with van der Waals surface area (Å²) in [4.78, 5) is 24.6. The monoisotopic (exact) mass is 371 g/mol. The average molecular weight is 372 g/mol. The molecule has 0 saturated carbocycles. The van der Waals surface area contributed by atoms with E-state index in [0.29, 0.717) is 27.2 Å². The van der Waals surface area contributed by atoms with E-state index in [1.807, 2.05) is 13.8 Å². The Kier molecular flexibility index (Phi) is 4.97. The van der Waals surface area contributed by atoms with Gasteiger partial charge in [-0.05, 0) is 43.2 Å². The van der Waals surface area contributed by atoms with Crippen molar-refractivity contribution < 1.29 is 14.3 Å². The molecule has 1 aromatic heterocycles. The number of ether oxygens (including phenoxy) is 1. The third kappa shape index (κ3) is 3.29. The van der Waals surface area contributed by atoms with Gasteiger partial charge in [0.05, 0.1) is 11.1 Å². The molecule has 2 aromatic carbocycles. The molecule has 0 spiro atoms. The first kappa shape index (κ1) is 18.0. The Hall–Kier alpha value is -2.83. The van der Waals surface area contributed by atoms with Crippen LogP contribution < -0.4 is 16.0 Å². The van der Waals surface area contributed by atoms with Crippen LogP contribution in [0, 0.1) is 13.8 Å². The van der Waals surface area contributed by atoms with Crippen LogP contribution in [-0.2, 0) is 0 Å². The topological polar surface area (TPSA) is 86.3 Å². The standard InChI is InChI=1S/C19H18ClN3O3/c1-11-7-13(8-12(2)18(11)20)26-10-17(24)23-9-15(19(25)22-21)14-5-3-4-6-16(14)23/h3-9H,10,21H2,1-2H3,(H,22,25). The number of nitrogen functional groups attached to an aromatic ring is 1. The smallest absolute Gasteiger partial charge is 0.269 e. The summed E-state index contributed by atoms with van der Waals surface area (Å²) in [5.41, 5.74) is 4.79. The average Bonchev–Trinajstić information content (AvgIpc) is 3.03. The highest BCUT2D eigenvalue weighted by Gasteiger charge is 2.18. The molecule has 1 amide bonds. The zero-order valence-electron chi connectivity index (χ0n) is 14.4. The Morgan fingerprint density at radius 3 is 2.50 bits per heavy atom. The highest BCUT2D eigenvalue weighted by molar-refractivity contribution is 6.32. The molecule has 3 aromatic rings. The lowest BCUT2D eigenvalue weighted by molar-refractivity contribution is 0.0843. The summed E-state index contributed by atoms with van der Waals surface area (Å²) in [6.07, 6.45) is 1.47. The van der Waals surface area contributed by atoms with E-state index >= 15 is 0 Å². The van der Waals surface area contributed by atoms with Crippen molar-refractivity contribution in [1.29, 1.82) is 0 Å². The predicted octanol–water partition coefficient (Wildman–Crippen LogP) is 3.23. The number of hydrogen-bond acceptors (Lipinski definition) is 4. The minimum atomic E-state index is -0.461. The van der Waals surface area contributed by atoms with E-state index in [9.17, 15) is 9.59 Å². The van der Waals surface area contributed by atoms with Crippen LogP contribution in [0.1, 0.15) is 26.3 Å². The number of carbonyl (C=O) groups is 2. The molecule has 0 bridgehead atoms. The highest BCUT2D eigenvalue weighted by Crippen LogP contribution is 2.26. The molecule has 26 heavy (non-hydrogen) atoms. The first-order valence-electron chi connectivity index (χ1n) is 7.96. The van der Waals surface area contributed by atoms with Gasteiger partial charge in [0.1, 0.15) is 5.75 Å². The van der Waals surface area contributed by atoms with Gasteiger partial charge in [0.2, 0.25) is 0 Å². The zero-order valence-corrected chi connectivity index (χ0v) is 15.1. The van der Waals surface area contributed by atoms with Crippen LogP contribution in [0.2, 0.25) is 5.02 Å². The van der Waals surface area contributed by atoms with Gasteiger partial charge >= 0.3 is 0 Å². The molecule has 7 heteroatoms. The quantitative estimate of drug-likeness (QED) is 0.419. The normalized spacial score (nSPS) is 10.8. The summed E-state index contributed by atoms with van der Waals surface area (Å²) in [6, 6.07) is 10.7. The number of nitrogens with one attached hydrogen (secondary N) is 1. The van der Waals surface area contributed by atoms with Crippen LogP contribution in [0.25, 0.3) is 10.9 Å². The maximum absolute atomic E-state index is 12.6. The number of carbonyl (C=O) groups excluding carboxylic acids is 2. The number of aromatic nitrogens is 1. The maximum atomic E-state index is 12.6. The number of nitrogens with zero attached hydrogens (tertiary/aromatic N) is 1. The summed E-state index contributed by atoms with van der Waals surface area (Å²) in [6.45, 7) is 3.57. The van der Waals surface area contributed by atoms with Crippen LogP contribution in [-0.4, -0.2) is 23.0 Å². The van der Waals surface area contributed by atoms with Crippen molar-refractivity contribution in [2.45, 2.75) is 13.8 Å². The summed E-state index contributed by atoms with van der Waals surface area (Å²) < 4.78 is 7.03. The second kappa shape index (κ2) is 7.19. The molecular formula is C19H18ClN3O3. The van der Waals surface area contributed by atoms with E-state index in [2.05, 4.69) is 5.43 Å². The van der Waals surface area contributed by atoms with Gasteiger partial charge in [0, 0.05) is 16.6 Å². The number of benzene rings is 2. The lowest BCUT2D eigenvalue weighted by Crippen LogP contribution is -2.29. The lowest BCUT2D eigenvalue weighted by Gasteiger charge is -2.10. The maximum Gasteiger partial charge on any atom is 0.269 e. The van der Waals surface area contributed by atoms with Crippen LogP contribution in [0.4, 0.5) is 0 Å². The van der Waals surface area contributed by atoms with E-state index < -0.39 is 5.91 Å². The number of fused-ring (bicyclic) bond motifs is 1. The Bertz CT molecular complexity index is 987. The van der Waals surface area contributed by atoms with Crippen molar-refractivity contribution in [3.05, 3.63) is 64.3 Å². The number of rotatable bonds is 4. The molecule has 3 rings (SSSR count). The third-order valence-electron chi connectivity index (χ3n) is 4.13. The lowest BCUT2D eigenvalue weighted by atomic mass is 10.1. The van der Waals surface area contributed by atoms with Crippen LogP contribution in [0.5, 0.6) is 5.75 Å². The SMILES string of the molecule is Cc1cc(OCC(=O)n2cc(C(=O)NN)c3ccccc32)cc(C)c1Cl. The molecular weight excluding hydrogens is 354 g/mol. The molecule has 0 saturated heterocycles. The molecule has 0 fully saturated rings. The van der Waals surface area contributed by atoms with Gasteiger partial charge in [0.15, 0.2) is 6.61 Å². The second-order valence-electron chi connectivity index (χ2n) is 5.96. The van der Waals surface area contributed by atoms with Crippen molar-refractivity contribution in [1.82, 2.24) is 9.99 Å². The zero-order chi connectivity index (χ0) is 18.8. The highest BCUT2D eigenvalue weighted by atomic mass is 35.5. The molecule has 0 aliphatic carbocycles. The van der Waals surface area contributed by atoms with Gasteiger partial charge in [-0.15, -0.1) is 0 Å². The van der Waals surface area contributed by atoms with Crippen molar-refractivity contribution in [3.8, 4) is 5.75 Å². The number of amides is 1. The van der Waals surface area contributed by atoms with Crippen LogP contribution >= 0.6 is 11.6 Å². The summed E-state index contributed by atoms with van der Waals surface area (Å²) in [7, 11) is 0. The van der Waals surface area contributed by atoms with Crippen molar-refractivity contribution >= 4 is 34.3 Å². The van der Waals surface area contributed by atoms with Gasteiger partial charge in [-0.3, -0.25) is 19.6 Å². The first-order valence-corrected chi connectivity index (χ1v) is 8.34. The van der Waals surface area contributed by atoms with Gasteiger partial charge < -0.3 is 4.74 Å². The number of hydrazine groups is 1. The fraction of sp³-hybridized carbons (Fsp3) is 0.158. The second-order valence-corrected chi connectivity index (χ2v) is 6.33. The molecule has 0 radical (unpaired) electrons. The molecule has 3 N–H and O–H groups in total. The van der Waals surface area contributed by atoms with Gasteiger partial charge in [0.25, 0.3) is 11.8 Å². The van der Waals surface area contributed by atoms with E-state index in [0.717, 1.165) is 11.1 Å². The predicted molar refractivity (Wildman–Crippen MR) is 101 cm³/mol. The minimum absolute atomic E-state index is 0.178. The fourth-order valence-corrected chi connectivity index (χ4v) is 2.96. The van der Waals surface area contributed by atoms with Crippen molar-refractivity contribution in [2.75, 3.05) is 6.61 Å². The Labute approximate surface area is 155 Å². The number of halogens is 1. The van der Waals surface area contributed by atoms with E-state index in [4.69, 9.17) is 22.2 Å². The van der Waals surface area contributed by atoms with Crippen LogP contribution in [0.15, 0.2) is 42.6 Å². The molecule has 6 nitrogen and oxygen atoms in total.